The Morgan fingerprint density at radius 1 is 1.03 bits per heavy atom. The first-order valence-electron chi connectivity index (χ1n) is 8.81. The fourth-order valence-corrected chi connectivity index (χ4v) is 2.65. The lowest BCUT2D eigenvalue weighted by Crippen LogP contribution is -2.35. The minimum absolute atomic E-state index is 0.197. The van der Waals surface area contributed by atoms with Gasteiger partial charge < -0.3 is 24.8 Å². The fourth-order valence-electron chi connectivity index (χ4n) is 2.27. The Kier molecular flexibility index (Phi) is 8.89. The van der Waals surface area contributed by atoms with Crippen LogP contribution in [0.15, 0.2) is 53.0 Å². The number of benzene rings is 2. The second-order valence-electron chi connectivity index (χ2n) is 5.86. The van der Waals surface area contributed by atoms with Gasteiger partial charge in [0.1, 0.15) is 0 Å². The molecule has 2 aromatic rings. The molecular weight excluding hydrogens is 456 g/mol. The van der Waals surface area contributed by atoms with Crippen molar-refractivity contribution in [3.8, 4) is 11.5 Å². The summed E-state index contributed by atoms with van der Waals surface area (Å²) in [4.78, 5) is 35.1. The molecule has 30 heavy (non-hydrogen) atoms. The third kappa shape index (κ3) is 7.25. The summed E-state index contributed by atoms with van der Waals surface area (Å²) in [6.07, 6.45) is 2.84. The highest BCUT2D eigenvalue weighted by Crippen LogP contribution is 2.28. The number of methoxy groups -OCH3 is 2. The van der Waals surface area contributed by atoms with Crippen LogP contribution in [0.4, 0.5) is 5.69 Å². The summed E-state index contributed by atoms with van der Waals surface area (Å²) < 4.78 is 16.0. The van der Waals surface area contributed by atoms with E-state index in [4.69, 9.17) is 9.47 Å². The highest BCUT2D eigenvalue weighted by molar-refractivity contribution is 9.10. The van der Waals surface area contributed by atoms with E-state index in [1.54, 1.807) is 42.5 Å². The van der Waals surface area contributed by atoms with Gasteiger partial charge in [-0.25, -0.2) is 4.79 Å². The molecule has 0 aliphatic rings. The van der Waals surface area contributed by atoms with Gasteiger partial charge in [0.05, 0.1) is 26.5 Å². The molecule has 0 radical (unpaired) electrons. The highest BCUT2D eigenvalue weighted by Gasteiger charge is 2.10. The van der Waals surface area contributed by atoms with Crippen molar-refractivity contribution in [2.45, 2.75) is 0 Å². The Morgan fingerprint density at radius 3 is 2.50 bits per heavy atom. The molecule has 0 aliphatic heterocycles. The second-order valence-corrected chi connectivity index (χ2v) is 6.71. The van der Waals surface area contributed by atoms with Crippen molar-refractivity contribution in [2.75, 3.05) is 32.7 Å². The van der Waals surface area contributed by atoms with Crippen molar-refractivity contribution in [1.29, 1.82) is 0 Å². The van der Waals surface area contributed by atoms with Crippen molar-refractivity contribution in [1.82, 2.24) is 5.32 Å². The molecule has 0 aliphatic carbocycles. The summed E-state index contributed by atoms with van der Waals surface area (Å²) in [6.45, 7) is -0.492. The first-order valence-corrected chi connectivity index (χ1v) is 9.60. The zero-order valence-corrected chi connectivity index (χ0v) is 18.0. The average Bonchev–Trinajstić information content (AvgIpc) is 2.76. The summed E-state index contributed by atoms with van der Waals surface area (Å²) in [5.74, 6) is -0.569. The van der Waals surface area contributed by atoms with E-state index in [0.29, 0.717) is 22.7 Å². The van der Waals surface area contributed by atoms with E-state index < -0.39 is 11.9 Å². The van der Waals surface area contributed by atoms with Gasteiger partial charge >= 0.3 is 5.97 Å². The minimum atomic E-state index is -0.477. The molecular formula is C21H21BrN2O6. The van der Waals surface area contributed by atoms with Gasteiger partial charge in [0.2, 0.25) is 5.91 Å². The third-order valence-corrected chi connectivity index (χ3v) is 4.45. The molecule has 0 bridgehead atoms. The molecule has 2 amide bonds. The molecule has 0 unspecified atom stereocenters. The lowest BCUT2D eigenvalue weighted by molar-refractivity contribution is -0.134. The van der Waals surface area contributed by atoms with Gasteiger partial charge in [-0.15, -0.1) is 0 Å². The fraction of sp³-hybridized carbons (Fsp3) is 0.190. The van der Waals surface area contributed by atoms with E-state index in [1.807, 2.05) is 6.07 Å². The number of carbonyl (C=O) groups excluding carboxylic acids is 3. The SMILES string of the molecule is COC(=O)/C=C/c1ccc(OCC(=O)NCC(=O)Nc2ccccc2Br)c(OC)c1. The van der Waals surface area contributed by atoms with Crippen LogP contribution in [0.25, 0.3) is 6.08 Å². The lowest BCUT2D eigenvalue weighted by atomic mass is 10.2. The number of amides is 2. The van der Waals surface area contributed by atoms with E-state index in [9.17, 15) is 14.4 Å². The second kappa shape index (κ2) is 11.6. The van der Waals surface area contributed by atoms with Gasteiger partial charge in [0.25, 0.3) is 5.91 Å². The van der Waals surface area contributed by atoms with Gasteiger partial charge in [-0.05, 0) is 51.8 Å². The maximum Gasteiger partial charge on any atom is 0.330 e. The standard InChI is InChI=1S/C21H21BrN2O6/c1-28-18-11-14(8-10-21(27)29-2)7-9-17(18)30-13-20(26)23-12-19(25)24-16-6-4-3-5-15(16)22/h3-11H,12-13H2,1-2H3,(H,23,26)(H,24,25)/b10-8+. The molecule has 0 saturated heterocycles. The number of halogens is 1. The topological polar surface area (TPSA) is 103 Å². The monoisotopic (exact) mass is 476 g/mol. The predicted octanol–water partition coefficient (Wildman–Crippen LogP) is 2.78. The van der Waals surface area contributed by atoms with Crippen molar-refractivity contribution >= 4 is 45.5 Å². The van der Waals surface area contributed by atoms with Crippen LogP contribution < -0.4 is 20.1 Å². The molecule has 0 spiro atoms. The van der Waals surface area contributed by atoms with Crippen LogP contribution in [-0.2, 0) is 19.1 Å². The number of anilines is 1. The zero-order chi connectivity index (χ0) is 21.9. The van der Waals surface area contributed by atoms with Crippen LogP contribution in [0, 0.1) is 0 Å². The van der Waals surface area contributed by atoms with E-state index in [2.05, 4.69) is 31.3 Å². The Bertz CT molecular complexity index is 945. The predicted molar refractivity (Wildman–Crippen MR) is 115 cm³/mol. The van der Waals surface area contributed by atoms with Crippen LogP contribution in [0.5, 0.6) is 11.5 Å². The molecule has 158 valence electrons. The van der Waals surface area contributed by atoms with Gasteiger partial charge in [-0.2, -0.15) is 0 Å². The van der Waals surface area contributed by atoms with Crippen LogP contribution in [-0.4, -0.2) is 45.2 Å². The number of hydrogen-bond donors (Lipinski definition) is 2. The Hall–Kier alpha value is -3.33. The van der Waals surface area contributed by atoms with Gasteiger partial charge in [0, 0.05) is 10.5 Å². The molecule has 9 heteroatoms. The molecule has 2 aromatic carbocycles. The van der Waals surface area contributed by atoms with E-state index in [1.165, 1.54) is 20.3 Å². The first kappa shape index (κ1) is 23.0. The molecule has 0 saturated carbocycles. The number of carbonyl (C=O) groups is 3. The Morgan fingerprint density at radius 2 is 1.80 bits per heavy atom. The maximum atomic E-state index is 12.0. The van der Waals surface area contributed by atoms with Crippen molar-refractivity contribution in [3.63, 3.8) is 0 Å². The summed E-state index contributed by atoms with van der Waals surface area (Å²) in [7, 11) is 2.75. The van der Waals surface area contributed by atoms with Gasteiger partial charge in [-0.3, -0.25) is 9.59 Å². The number of esters is 1. The molecule has 0 fully saturated rings. The normalized spacial score (nSPS) is 10.4. The number of para-hydroxylation sites is 1. The summed E-state index contributed by atoms with van der Waals surface area (Å²) in [6, 6.07) is 12.1. The third-order valence-electron chi connectivity index (χ3n) is 3.75. The van der Waals surface area contributed by atoms with Crippen LogP contribution >= 0.6 is 15.9 Å². The molecule has 2 N–H and O–H groups in total. The van der Waals surface area contributed by atoms with Crippen LogP contribution in [0.1, 0.15) is 5.56 Å². The minimum Gasteiger partial charge on any atom is -0.493 e. The quantitative estimate of drug-likeness (QED) is 0.426. The van der Waals surface area contributed by atoms with Gasteiger partial charge in [-0.1, -0.05) is 18.2 Å². The first-order chi connectivity index (χ1) is 14.4. The lowest BCUT2D eigenvalue weighted by Gasteiger charge is -2.12. The van der Waals surface area contributed by atoms with Gasteiger partial charge in [0.15, 0.2) is 18.1 Å². The van der Waals surface area contributed by atoms with Crippen molar-refractivity contribution < 1.29 is 28.6 Å². The summed E-state index contributed by atoms with van der Waals surface area (Å²) in [5, 5.41) is 5.17. The van der Waals surface area contributed by atoms with Crippen molar-refractivity contribution in [2.24, 2.45) is 0 Å². The van der Waals surface area contributed by atoms with Crippen LogP contribution in [0.3, 0.4) is 0 Å². The summed E-state index contributed by atoms with van der Waals surface area (Å²) >= 11 is 3.33. The van der Waals surface area contributed by atoms with Crippen LogP contribution in [0.2, 0.25) is 0 Å². The van der Waals surface area contributed by atoms with E-state index in [0.717, 1.165) is 4.47 Å². The highest BCUT2D eigenvalue weighted by atomic mass is 79.9. The zero-order valence-electron chi connectivity index (χ0n) is 16.4. The largest absolute Gasteiger partial charge is 0.493 e. The maximum absolute atomic E-state index is 12.0. The molecule has 0 atom stereocenters. The number of rotatable bonds is 9. The Labute approximate surface area is 182 Å². The number of nitrogens with one attached hydrogen (secondary N) is 2. The number of ether oxygens (including phenoxy) is 3. The smallest absolute Gasteiger partial charge is 0.330 e. The number of hydrogen-bond acceptors (Lipinski definition) is 6. The molecule has 2 rings (SSSR count). The van der Waals surface area contributed by atoms with E-state index in [-0.39, 0.29) is 19.1 Å². The van der Waals surface area contributed by atoms with Crippen molar-refractivity contribution in [3.05, 3.63) is 58.6 Å². The summed E-state index contributed by atoms with van der Waals surface area (Å²) in [5.41, 5.74) is 1.30. The molecule has 0 aromatic heterocycles. The Balaban J connectivity index is 1.85. The molecule has 8 nitrogen and oxygen atoms in total. The average molecular weight is 477 g/mol. The van der Waals surface area contributed by atoms with E-state index >= 15 is 0 Å². The molecule has 0 heterocycles.